The molecular formula is C10H12FNO3. The highest BCUT2D eigenvalue weighted by molar-refractivity contribution is 5.91. The van der Waals surface area contributed by atoms with Crippen molar-refractivity contribution >= 4 is 5.97 Å². The third-order valence-corrected chi connectivity index (χ3v) is 2.06. The van der Waals surface area contributed by atoms with Gasteiger partial charge in [-0.25, -0.2) is 15.1 Å². The Kier molecular flexibility index (Phi) is 3.76. The van der Waals surface area contributed by atoms with Crippen LogP contribution in [0.1, 0.15) is 21.5 Å². The number of halogens is 1. The smallest absolute Gasteiger partial charge is 0.338 e. The topological polar surface area (TPSA) is 61.5 Å². The largest absolute Gasteiger partial charge is 0.465 e. The van der Waals surface area contributed by atoms with E-state index < -0.39 is 11.8 Å². The van der Waals surface area contributed by atoms with Crippen LogP contribution in [0.5, 0.6) is 0 Å². The maximum absolute atomic E-state index is 13.4. The van der Waals surface area contributed by atoms with Crippen LogP contribution in [-0.4, -0.2) is 13.1 Å². The van der Waals surface area contributed by atoms with Crippen LogP contribution in [0.4, 0.5) is 4.39 Å². The molecule has 0 saturated carbocycles. The van der Waals surface area contributed by atoms with Gasteiger partial charge in [0.15, 0.2) is 0 Å². The number of carbonyl (C=O) groups excluding carboxylic acids is 1. The highest BCUT2D eigenvalue weighted by atomic mass is 19.1. The second kappa shape index (κ2) is 4.86. The minimum Gasteiger partial charge on any atom is -0.465 e. The Morgan fingerprint density at radius 3 is 2.73 bits per heavy atom. The van der Waals surface area contributed by atoms with Crippen LogP contribution in [0.3, 0.4) is 0 Å². The fourth-order valence-electron chi connectivity index (χ4n) is 1.24. The molecule has 15 heavy (non-hydrogen) atoms. The number of methoxy groups -OCH3 is 1. The third-order valence-electron chi connectivity index (χ3n) is 2.06. The quantitative estimate of drug-likeness (QED) is 0.607. The second-order valence-electron chi connectivity index (χ2n) is 3.05. The Morgan fingerprint density at radius 1 is 1.53 bits per heavy atom. The summed E-state index contributed by atoms with van der Waals surface area (Å²) in [5.41, 5.74) is 0.924. The number of nitrogens with two attached hydrogens (primary N) is 1. The first-order valence-electron chi connectivity index (χ1n) is 4.29. The van der Waals surface area contributed by atoms with Crippen molar-refractivity contribution in [3.63, 3.8) is 0 Å². The molecule has 0 spiro atoms. The lowest BCUT2D eigenvalue weighted by atomic mass is 10.0. The SMILES string of the molecule is COC(=O)c1cc(CON)cc(F)c1C. The predicted octanol–water partition coefficient (Wildman–Crippen LogP) is 1.31. The van der Waals surface area contributed by atoms with Crippen LogP contribution in [-0.2, 0) is 16.2 Å². The lowest BCUT2D eigenvalue weighted by Gasteiger charge is -2.07. The van der Waals surface area contributed by atoms with E-state index in [2.05, 4.69) is 9.57 Å². The first-order chi connectivity index (χ1) is 7.10. The summed E-state index contributed by atoms with van der Waals surface area (Å²) in [4.78, 5) is 15.7. The molecule has 0 fully saturated rings. The van der Waals surface area contributed by atoms with E-state index in [9.17, 15) is 9.18 Å². The number of esters is 1. The summed E-state index contributed by atoms with van der Waals surface area (Å²) in [6.07, 6.45) is 0. The average molecular weight is 213 g/mol. The van der Waals surface area contributed by atoms with Crippen molar-refractivity contribution in [2.24, 2.45) is 5.90 Å². The second-order valence-corrected chi connectivity index (χ2v) is 3.05. The summed E-state index contributed by atoms with van der Waals surface area (Å²) >= 11 is 0. The first kappa shape index (κ1) is 11.6. The molecule has 1 rings (SSSR count). The molecule has 0 aliphatic heterocycles. The van der Waals surface area contributed by atoms with E-state index in [1.807, 2.05) is 0 Å². The van der Waals surface area contributed by atoms with E-state index in [1.54, 1.807) is 0 Å². The van der Waals surface area contributed by atoms with Crippen LogP contribution in [0.15, 0.2) is 12.1 Å². The standard InChI is InChI=1S/C10H12FNO3/c1-6-8(10(13)14-2)3-7(5-15-12)4-9(6)11/h3-4H,5,12H2,1-2H3. The van der Waals surface area contributed by atoms with Gasteiger partial charge < -0.3 is 4.74 Å². The van der Waals surface area contributed by atoms with Crippen molar-refractivity contribution in [1.29, 1.82) is 0 Å². The number of hydrogen-bond acceptors (Lipinski definition) is 4. The molecule has 0 aliphatic carbocycles. The zero-order valence-corrected chi connectivity index (χ0v) is 8.54. The highest BCUT2D eigenvalue weighted by Crippen LogP contribution is 2.17. The molecule has 0 heterocycles. The zero-order chi connectivity index (χ0) is 11.4. The van der Waals surface area contributed by atoms with Crippen molar-refractivity contribution in [3.8, 4) is 0 Å². The van der Waals surface area contributed by atoms with E-state index in [4.69, 9.17) is 5.90 Å². The molecule has 1 aromatic carbocycles. The summed E-state index contributed by atoms with van der Waals surface area (Å²) in [6.45, 7) is 1.55. The first-order valence-corrected chi connectivity index (χ1v) is 4.29. The van der Waals surface area contributed by atoms with Crippen LogP contribution >= 0.6 is 0 Å². The van der Waals surface area contributed by atoms with Gasteiger partial charge in [-0.1, -0.05) is 0 Å². The molecular weight excluding hydrogens is 201 g/mol. The van der Waals surface area contributed by atoms with Crippen molar-refractivity contribution in [1.82, 2.24) is 0 Å². The van der Waals surface area contributed by atoms with Crippen molar-refractivity contribution in [3.05, 3.63) is 34.6 Å². The molecule has 82 valence electrons. The monoisotopic (exact) mass is 213 g/mol. The lowest BCUT2D eigenvalue weighted by Crippen LogP contribution is -2.08. The van der Waals surface area contributed by atoms with Crippen LogP contribution in [0.25, 0.3) is 0 Å². The van der Waals surface area contributed by atoms with Crippen LogP contribution in [0.2, 0.25) is 0 Å². The molecule has 0 aliphatic rings. The summed E-state index contributed by atoms with van der Waals surface area (Å²) in [5.74, 6) is 3.81. The van der Waals surface area contributed by atoms with Gasteiger partial charge in [0, 0.05) is 0 Å². The average Bonchev–Trinajstić information content (AvgIpc) is 2.22. The number of ether oxygens (including phenoxy) is 1. The Bertz CT molecular complexity index is 379. The van der Waals surface area contributed by atoms with E-state index in [0.717, 1.165) is 0 Å². The van der Waals surface area contributed by atoms with Gasteiger partial charge in [0.2, 0.25) is 0 Å². The van der Waals surface area contributed by atoms with E-state index in [1.165, 1.54) is 26.2 Å². The lowest BCUT2D eigenvalue weighted by molar-refractivity contribution is 0.0598. The van der Waals surface area contributed by atoms with Crippen LogP contribution in [0, 0.1) is 12.7 Å². The fourth-order valence-corrected chi connectivity index (χ4v) is 1.24. The van der Waals surface area contributed by atoms with E-state index >= 15 is 0 Å². The molecule has 0 aromatic heterocycles. The van der Waals surface area contributed by atoms with Gasteiger partial charge in [0.1, 0.15) is 5.82 Å². The van der Waals surface area contributed by atoms with Gasteiger partial charge in [-0.2, -0.15) is 0 Å². The Hall–Kier alpha value is -1.46. The van der Waals surface area contributed by atoms with Gasteiger partial charge in [-0.3, -0.25) is 4.84 Å². The number of hydrogen-bond donors (Lipinski definition) is 1. The molecule has 0 radical (unpaired) electrons. The van der Waals surface area contributed by atoms with Gasteiger partial charge in [0.05, 0.1) is 19.3 Å². The van der Waals surface area contributed by atoms with E-state index in [-0.39, 0.29) is 17.7 Å². The molecule has 0 bridgehead atoms. The summed E-state index contributed by atoms with van der Waals surface area (Å²) in [5, 5.41) is 0. The Balaban J connectivity index is 3.18. The molecule has 1 aromatic rings. The third kappa shape index (κ3) is 2.51. The predicted molar refractivity (Wildman–Crippen MR) is 51.5 cm³/mol. The Labute approximate surface area is 86.7 Å². The number of carbonyl (C=O) groups is 1. The normalized spacial score (nSPS) is 10.1. The fraction of sp³-hybridized carbons (Fsp3) is 0.300. The highest BCUT2D eigenvalue weighted by Gasteiger charge is 2.14. The van der Waals surface area contributed by atoms with Crippen LogP contribution < -0.4 is 5.90 Å². The molecule has 0 amide bonds. The summed E-state index contributed by atoms with van der Waals surface area (Å²) in [7, 11) is 1.24. The summed E-state index contributed by atoms with van der Waals surface area (Å²) in [6, 6.07) is 2.77. The molecule has 4 nitrogen and oxygen atoms in total. The minimum atomic E-state index is -0.578. The maximum Gasteiger partial charge on any atom is 0.338 e. The minimum absolute atomic E-state index is 0.0429. The van der Waals surface area contributed by atoms with Gasteiger partial charge in [-0.05, 0) is 30.2 Å². The van der Waals surface area contributed by atoms with Gasteiger partial charge in [0.25, 0.3) is 0 Å². The zero-order valence-electron chi connectivity index (χ0n) is 8.54. The molecule has 0 saturated heterocycles. The molecule has 0 atom stereocenters. The number of benzene rings is 1. The Morgan fingerprint density at radius 2 is 2.20 bits per heavy atom. The molecule has 0 unspecified atom stereocenters. The van der Waals surface area contributed by atoms with Crippen molar-refractivity contribution in [2.45, 2.75) is 13.5 Å². The summed E-state index contributed by atoms with van der Waals surface area (Å²) < 4.78 is 17.9. The molecule has 2 N–H and O–H groups in total. The number of rotatable bonds is 3. The van der Waals surface area contributed by atoms with E-state index in [0.29, 0.717) is 5.56 Å². The maximum atomic E-state index is 13.4. The van der Waals surface area contributed by atoms with Gasteiger partial charge in [-0.15, -0.1) is 0 Å². The van der Waals surface area contributed by atoms with Crippen molar-refractivity contribution < 1.29 is 18.8 Å². The van der Waals surface area contributed by atoms with Gasteiger partial charge >= 0.3 is 5.97 Å². The van der Waals surface area contributed by atoms with Crippen molar-refractivity contribution in [2.75, 3.05) is 7.11 Å². The molecule has 5 heteroatoms.